The summed E-state index contributed by atoms with van der Waals surface area (Å²) in [6, 6.07) is 10.4. The second-order valence-corrected chi connectivity index (χ2v) is 8.44. The lowest BCUT2D eigenvalue weighted by Crippen LogP contribution is -2.41. The molecule has 2 aromatic rings. The molecule has 9 heteroatoms. The van der Waals surface area contributed by atoms with Crippen LogP contribution in [0.4, 0.5) is 11.5 Å². The average molecular weight is 472 g/mol. The number of anilines is 2. The van der Waals surface area contributed by atoms with E-state index in [0.717, 1.165) is 0 Å². The summed E-state index contributed by atoms with van der Waals surface area (Å²) in [4.78, 5) is 45.4. The first-order chi connectivity index (χ1) is 15.9. The number of nitrogens with zero attached hydrogens (tertiary/aromatic N) is 3. The van der Waals surface area contributed by atoms with Crippen molar-refractivity contribution in [1.29, 1.82) is 0 Å². The Labute approximate surface area is 199 Å². The fraction of sp³-hybridized carbons (Fsp3) is 0.417. The Bertz CT molecular complexity index is 970. The van der Waals surface area contributed by atoms with Gasteiger partial charge in [-0.05, 0) is 70.1 Å². The first kappa shape index (κ1) is 24.7. The number of piperidine rings is 1. The Hall–Kier alpha value is -2.97. The number of carbonyl (C=O) groups excluding carboxylic acids is 3. The number of hydrogen-bond acceptors (Lipinski definition) is 5. The van der Waals surface area contributed by atoms with Crippen LogP contribution in [0.2, 0.25) is 5.02 Å². The number of carbonyl (C=O) groups is 3. The molecule has 1 fully saturated rings. The van der Waals surface area contributed by atoms with Crippen LogP contribution in [0, 0.1) is 5.92 Å². The van der Waals surface area contributed by atoms with Crippen molar-refractivity contribution in [2.45, 2.75) is 26.7 Å². The summed E-state index contributed by atoms with van der Waals surface area (Å²) in [7, 11) is 0. The van der Waals surface area contributed by atoms with Crippen molar-refractivity contribution in [3.05, 3.63) is 53.2 Å². The van der Waals surface area contributed by atoms with E-state index < -0.39 is 0 Å². The van der Waals surface area contributed by atoms with Crippen LogP contribution in [0.1, 0.15) is 37.0 Å². The zero-order valence-corrected chi connectivity index (χ0v) is 19.8. The third kappa shape index (κ3) is 7.00. The van der Waals surface area contributed by atoms with Gasteiger partial charge in [-0.2, -0.15) is 0 Å². The number of nitrogens with one attached hydrogen (secondary N) is 2. The summed E-state index contributed by atoms with van der Waals surface area (Å²) in [5, 5.41) is 6.22. The molecular weight excluding hydrogens is 442 g/mol. The Balaban J connectivity index is 1.46. The number of hydrogen-bond donors (Lipinski definition) is 2. The molecule has 176 valence electrons. The molecule has 33 heavy (non-hydrogen) atoms. The summed E-state index contributed by atoms with van der Waals surface area (Å²) < 4.78 is 0. The Kier molecular flexibility index (Phi) is 8.79. The molecule has 3 rings (SSSR count). The topological polar surface area (TPSA) is 94.6 Å². The number of benzene rings is 1. The van der Waals surface area contributed by atoms with Gasteiger partial charge in [0.05, 0.1) is 11.6 Å². The summed E-state index contributed by atoms with van der Waals surface area (Å²) in [5.41, 5.74) is 1.15. The van der Waals surface area contributed by atoms with Crippen LogP contribution in [0.25, 0.3) is 0 Å². The molecule has 0 bridgehead atoms. The molecule has 0 atom stereocenters. The van der Waals surface area contributed by atoms with E-state index in [1.807, 2.05) is 18.7 Å². The minimum atomic E-state index is -0.143. The van der Waals surface area contributed by atoms with E-state index >= 15 is 0 Å². The van der Waals surface area contributed by atoms with Gasteiger partial charge in [0, 0.05) is 36.5 Å². The van der Waals surface area contributed by atoms with Crippen molar-refractivity contribution < 1.29 is 14.4 Å². The van der Waals surface area contributed by atoms with Crippen LogP contribution < -0.4 is 10.6 Å². The highest BCUT2D eigenvalue weighted by molar-refractivity contribution is 6.30. The second kappa shape index (κ2) is 11.8. The Morgan fingerprint density at radius 2 is 1.82 bits per heavy atom. The van der Waals surface area contributed by atoms with Gasteiger partial charge in [-0.25, -0.2) is 4.98 Å². The van der Waals surface area contributed by atoms with Crippen molar-refractivity contribution in [3.63, 3.8) is 0 Å². The summed E-state index contributed by atoms with van der Waals surface area (Å²) >= 11 is 5.82. The molecule has 0 unspecified atom stereocenters. The molecule has 1 aliphatic rings. The Morgan fingerprint density at radius 1 is 1.09 bits per heavy atom. The van der Waals surface area contributed by atoms with Gasteiger partial charge in [-0.1, -0.05) is 17.7 Å². The highest BCUT2D eigenvalue weighted by atomic mass is 35.5. The highest BCUT2D eigenvalue weighted by Gasteiger charge is 2.26. The van der Waals surface area contributed by atoms with E-state index in [2.05, 4.69) is 15.6 Å². The van der Waals surface area contributed by atoms with Crippen LogP contribution in [-0.4, -0.2) is 65.2 Å². The van der Waals surface area contributed by atoms with Crippen molar-refractivity contribution in [2.75, 3.05) is 43.4 Å². The van der Waals surface area contributed by atoms with E-state index in [9.17, 15) is 14.4 Å². The van der Waals surface area contributed by atoms with Gasteiger partial charge in [-0.3, -0.25) is 19.3 Å². The molecule has 8 nitrogen and oxygen atoms in total. The van der Waals surface area contributed by atoms with Crippen LogP contribution in [0.5, 0.6) is 0 Å². The number of amides is 3. The van der Waals surface area contributed by atoms with E-state index in [4.69, 9.17) is 11.6 Å². The maximum absolute atomic E-state index is 12.5. The van der Waals surface area contributed by atoms with Crippen molar-refractivity contribution in [2.24, 2.45) is 5.92 Å². The lowest BCUT2D eigenvalue weighted by atomic mass is 9.96. The molecule has 1 aliphatic heterocycles. The number of aromatic nitrogens is 1. The predicted octanol–water partition coefficient (Wildman–Crippen LogP) is 3.51. The minimum absolute atomic E-state index is 0.0507. The molecule has 1 aromatic carbocycles. The average Bonchev–Trinajstić information content (AvgIpc) is 2.82. The monoisotopic (exact) mass is 471 g/mol. The van der Waals surface area contributed by atoms with Gasteiger partial charge in [0.2, 0.25) is 11.8 Å². The number of likely N-dealkylation sites (tertiary alicyclic amines) is 1. The van der Waals surface area contributed by atoms with Gasteiger partial charge < -0.3 is 15.5 Å². The van der Waals surface area contributed by atoms with Gasteiger partial charge in [0.25, 0.3) is 5.91 Å². The molecular formula is C24H30ClN5O3. The maximum atomic E-state index is 12.5. The quantitative estimate of drug-likeness (QED) is 0.614. The van der Waals surface area contributed by atoms with Gasteiger partial charge >= 0.3 is 0 Å². The molecule has 0 radical (unpaired) electrons. The van der Waals surface area contributed by atoms with Crippen LogP contribution in [0.15, 0.2) is 42.6 Å². The Morgan fingerprint density at radius 3 is 2.45 bits per heavy atom. The molecule has 2 N–H and O–H groups in total. The molecule has 3 amide bonds. The van der Waals surface area contributed by atoms with Gasteiger partial charge in [0.15, 0.2) is 0 Å². The van der Waals surface area contributed by atoms with Gasteiger partial charge in [0.1, 0.15) is 5.82 Å². The zero-order valence-electron chi connectivity index (χ0n) is 19.0. The van der Waals surface area contributed by atoms with E-state index in [1.165, 1.54) is 6.20 Å². The van der Waals surface area contributed by atoms with Crippen LogP contribution >= 0.6 is 11.6 Å². The van der Waals surface area contributed by atoms with E-state index in [-0.39, 0.29) is 30.2 Å². The second-order valence-electron chi connectivity index (χ2n) is 8.01. The summed E-state index contributed by atoms with van der Waals surface area (Å²) in [6.45, 7) is 6.69. The normalized spacial score (nSPS) is 14.5. The van der Waals surface area contributed by atoms with Crippen molar-refractivity contribution in [1.82, 2.24) is 14.8 Å². The maximum Gasteiger partial charge on any atom is 0.253 e. The number of halogens is 1. The number of rotatable bonds is 8. The molecule has 0 aliphatic carbocycles. The molecule has 1 aromatic heterocycles. The summed E-state index contributed by atoms with van der Waals surface area (Å²) in [6.07, 6.45) is 2.83. The van der Waals surface area contributed by atoms with Crippen LogP contribution in [0.3, 0.4) is 0 Å². The van der Waals surface area contributed by atoms with Crippen molar-refractivity contribution in [3.8, 4) is 0 Å². The van der Waals surface area contributed by atoms with Gasteiger partial charge in [-0.15, -0.1) is 0 Å². The molecule has 1 saturated heterocycles. The zero-order chi connectivity index (χ0) is 23.8. The minimum Gasteiger partial charge on any atom is -0.339 e. The fourth-order valence-corrected chi connectivity index (χ4v) is 3.97. The lowest BCUT2D eigenvalue weighted by molar-refractivity contribution is -0.121. The smallest absolute Gasteiger partial charge is 0.253 e. The van der Waals surface area contributed by atoms with Crippen LogP contribution in [-0.2, 0) is 9.59 Å². The SMILES string of the molecule is CCN(CC)C(=O)c1cccc(NC(=O)CN2CCC(C(=O)Nc3ccc(Cl)cn3)CC2)c1. The molecule has 0 spiro atoms. The largest absolute Gasteiger partial charge is 0.339 e. The third-order valence-electron chi connectivity index (χ3n) is 5.75. The highest BCUT2D eigenvalue weighted by Crippen LogP contribution is 2.20. The number of pyridine rings is 1. The first-order valence-electron chi connectivity index (χ1n) is 11.2. The summed E-state index contributed by atoms with van der Waals surface area (Å²) in [5.74, 6) is 0.0991. The molecule has 2 heterocycles. The lowest BCUT2D eigenvalue weighted by Gasteiger charge is -2.30. The predicted molar refractivity (Wildman–Crippen MR) is 129 cm³/mol. The van der Waals surface area contributed by atoms with E-state index in [0.29, 0.717) is 61.1 Å². The van der Waals surface area contributed by atoms with E-state index in [1.54, 1.807) is 41.3 Å². The first-order valence-corrected chi connectivity index (χ1v) is 11.6. The third-order valence-corrected chi connectivity index (χ3v) is 5.97. The van der Waals surface area contributed by atoms with Crippen molar-refractivity contribution >= 4 is 40.8 Å². The molecule has 0 saturated carbocycles. The standard InChI is InChI=1S/C24H30ClN5O3/c1-3-30(4-2)24(33)18-6-5-7-20(14-18)27-22(31)16-29-12-10-17(11-13-29)23(32)28-21-9-8-19(25)15-26-21/h5-9,14-15,17H,3-4,10-13,16H2,1-2H3,(H,27,31)(H,26,28,32). The fourth-order valence-electron chi connectivity index (χ4n) is 3.86.